The van der Waals surface area contributed by atoms with Crippen LogP contribution in [0.4, 0.5) is 0 Å². The summed E-state index contributed by atoms with van der Waals surface area (Å²) in [4.78, 5) is 0. The van der Waals surface area contributed by atoms with Crippen molar-refractivity contribution >= 4 is 11.8 Å². The van der Waals surface area contributed by atoms with Crippen LogP contribution in [-0.2, 0) is 6.54 Å². The molecule has 0 amide bonds. The first kappa shape index (κ1) is 9.54. The predicted octanol–water partition coefficient (Wildman–Crippen LogP) is 0.661. The van der Waals surface area contributed by atoms with Crippen molar-refractivity contribution < 1.29 is 0 Å². The summed E-state index contributed by atoms with van der Waals surface area (Å²) in [5.41, 5.74) is 6.49. The van der Waals surface area contributed by atoms with Crippen LogP contribution in [0.2, 0.25) is 0 Å². The largest absolute Gasteiger partial charge is 0.323 e. The van der Waals surface area contributed by atoms with Gasteiger partial charge in [-0.1, -0.05) is 5.21 Å². The Balaban J connectivity index is 2.52. The summed E-state index contributed by atoms with van der Waals surface area (Å²) in [6.07, 6.45) is 3.98. The Labute approximate surface area is 76.5 Å². The SMILES string of the molecule is CSCCn1cc(C(C)N)nn1. The summed E-state index contributed by atoms with van der Waals surface area (Å²) in [6.45, 7) is 2.81. The molecule has 4 nitrogen and oxygen atoms in total. The van der Waals surface area contributed by atoms with E-state index in [1.54, 1.807) is 11.8 Å². The number of nitrogens with zero attached hydrogens (tertiary/aromatic N) is 3. The second-order valence-corrected chi connectivity index (χ2v) is 3.67. The lowest BCUT2D eigenvalue weighted by atomic mass is 10.3. The maximum atomic E-state index is 5.63. The molecule has 0 spiro atoms. The van der Waals surface area contributed by atoms with E-state index in [9.17, 15) is 0 Å². The molecule has 0 aliphatic rings. The van der Waals surface area contributed by atoms with Crippen LogP contribution in [0.3, 0.4) is 0 Å². The van der Waals surface area contributed by atoms with Crippen molar-refractivity contribution in [3.63, 3.8) is 0 Å². The zero-order chi connectivity index (χ0) is 8.97. The van der Waals surface area contributed by atoms with E-state index in [1.165, 1.54) is 0 Å². The van der Waals surface area contributed by atoms with Crippen LogP contribution >= 0.6 is 11.8 Å². The molecule has 0 saturated carbocycles. The molecule has 0 aliphatic heterocycles. The topological polar surface area (TPSA) is 56.7 Å². The molecule has 12 heavy (non-hydrogen) atoms. The molecular formula is C7H14N4S. The average Bonchev–Trinajstić information content (AvgIpc) is 2.48. The van der Waals surface area contributed by atoms with E-state index in [4.69, 9.17) is 5.73 Å². The van der Waals surface area contributed by atoms with E-state index in [-0.39, 0.29) is 6.04 Å². The molecule has 1 rings (SSSR count). The third kappa shape index (κ3) is 2.49. The molecule has 0 aliphatic carbocycles. The first-order chi connectivity index (χ1) is 5.74. The Bertz CT molecular complexity index is 233. The second-order valence-electron chi connectivity index (χ2n) is 2.69. The maximum Gasteiger partial charge on any atom is 0.0991 e. The van der Waals surface area contributed by atoms with Gasteiger partial charge in [0.2, 0.25) is 0 Å². The van der Waals surface area contributed by atoms with Crippen LogP contribution in [0, 0.1) is 0 Å². The van der Waals surface area contributed by atoms with Crippen LogP contribution in [0.1, 0.15) is 18.7 Å². The lowest BCUT2D eigenvalue weighted by Gasteiger charge is -1.97. The van der Waals surface area contributed by atoms with Crippen molar-refractivity contribution in [1.29, 1.82) is 0 Å². The first-order valence-electron chi connectivity index (χ1n) is 3.88. The molecule has 5 heteroatoms. The fourth-order valence-corrected chi connectivity index (χ4v) is 1.19. The Morgan fingerprint density at radius 2 is 2.50 bits per heavy atom. The lowest BCUT2D eigenvalue weighted by Crippen LogP contribution is -2.05. The number of rotatable bonds is 4. The van der Waals surface area contributed by atoms with Gasteiger partial charge in [0.25, 0.3) is 0 Å². The van der Waals surface area contributed by atoms with Crippen LogP contribution in [-0.4, -0.2) is 27.0 Å². The molecule has 0 fully saturated rings. The highest BCUT2D eigenvalue weighted by atomic mass is 32.2. The van der Waals surface area contributed by atoms with Crippen molar-refractivity contribution in [2.75, 3.05) is 12.0 Å². The summed E-state index contributed by atoms with van der Waals surface area (Å²) in [6, 6.07) is -0.0203. The maximum absolute atomic E-state index is 5.63. The van der Waals surface area contributed by atoms with E-state index in [0.29, 0.717) is 0 Å². The summed E-state index contributed by atoms with van der Waals surface area (Å²) in [7, 11) is 0. The average molecular weight is 186 g/mol. The van der Waals surface area contributed by atoms with Gasteiger partial charge in [-0.25, -0.2) is 0 Å². The van der Waals surface area contributed by atoms with Crippen molar-refractivity contribution in [2.45, 2.75) is 19.5 Å². The molecule has 0 aromatic carbocycles. The minimum atomic E-state index is -0.0203. The van der Waals surface area contributed by atoms with Gasteiger partial charge < -0.3 is 5.73 Å². The molecular weight excluding hydrogens is 172 g/mol. The zero-order valence-corrected chi connectivity index (χ0v) is 8.21. The third-order valence-corrected chi connectivity index (χ3v) is 2.14. The molecule has 0 radical (unpaired) electrons. The standard InChI is InChI=1S/C7H14N4S/c1-6(8)7-5-11(10-9-7)3-4-12-2/h5-6H,3-4,8H2,1-2H3. The number of thioether (sulfide) groups is 1. The van der Waals surface area contributed by atoms with E-state index < -0.39 is 0 Å². The second kappa shape index (κ2) is 4.47. The van der Waals surface area contributed by atoms with E-state index >= 15 is 0 Å². The Kier molecular flexibility index (Phi) is 3.55. The number of aromatic nitrogens is 3. The van der Waals surface area contributed by atoms with Gasteiger partial charge >= 0.3 is 0 Å². The fourth-order valence-electron chi connectivity index (χ4n) is 0.816. The smallest absolute Gasteiger partial charge is 0.0991 e. The first-order valence-corrected chi connectivity index (χ1v) is 5.28. The number of hydrogen-bond acceptors (Lipinski definition) is 4. The van der Waals surface area contributed by atoms with Crippen molar-refractivity contribution in [3.8, 4) is 0 Å². The van der Waals surface area contributed by atoms with E-state index in [0.717, 1.165) is 18.0 Å². The van der Waals surface area contributed by atoms with Gasteiger partial charge in [-0.3, -0.25) is 4.68 Å². The quantitative estimate of drug-likeness (QED) is 0.750. The Morgan fingerprint density at radius 3 is 3.00 bits per heavy atom. The van der Waals surface area contributed by atoms with Gasteiger partial charge in [0, 0.05) is 11.8 Å². The number of nitrogens with two attached hydrogens (primary N) is 1. The van der Waals surface area contributed by atoms with Gasteiger partial charge in [0.1, 0.15) is 0 Å². The van der Waals surface area contributed by atoms with Crippen LogP contribution < -0.4 is 5.73 Å². The van der Waals surface area contributed by atoms with Crippen LogP contribution in [0.5, 0.6) is 0 Å². The minimum absolute atomic E-state index is 0.0203. The zero-order valence-electron chi connectivity index (χ0n) is 7.40. The number of hydrogen-bond donors (Lipinski definition) is 1. The van der Waals surface area contributed by atoms with Gasteiger partial charge in [-0.2, -0.15) is 11.8 Å². The number of aryl methyl sites for hydroxylation is 1. The molecule has 1 aromatic rings. The molecule has 2 N–H and O–H groups in total. The molecule has 1 aromatic heterocycles. The summed E-state index contributed by atoms with van der Waals surface area (Å²) >= 11 is 1.79. The molecule has 1 unspecified atom stereocenters. The summed E-state index contributed by atoms with van der Waals surface area (Å²) < 4.78 is 1.83. The van der Waals surface area contributed by atoms with E-state index in [1.807, 2.05) is 17.8 Å². The molecule has 0 saturated heterocycles. The van der Waals surface area contributed by atoms with Crippen molar-refractivity contribution in [1.82, 2.24) is 15.0 Å². The van der Waals surface area contributed by atoms with Gasteiger partial charge in [0.05, 0.1) is 18.4 Å². The van der Waals surface area contributed by atoms with Crippen molar-refractivity contribution in [3.05, 3.63) is 11.9 Å². The van der Waals surface area contributed by atoms with Crippen molar-refractivity contribution in [2.24, 2.45) is 5.73 Å². The summed E-state index contributed by atoms with van der Waals surface area (Å²) in [5.74, 6) is 1.06. The lowest BCUT2D eigenvalue weighted by molar-refractivity contribution is 0.632. The van der Waals surface area contributed by atoms with Gasteiger partial charge in [0.15, 0.2) is 0 Å². The van der Waals surface area contributed by atoms with Gasteiger partial charge in [-0.15, -0.1) is 5.10 Å². The highest BCUT2D eigenvalue weighted by Gasteiger charge is 2.03. The summed E-state index contributed by atoms with van der Waals surface area (Å²) in [5, 5.41) is 7.90. The third-order valence-electron chi connectivity index (χ3n) is 1.55. The predicted molar refractivity (Wildman–Crippen MR) is 51.0 cm³/mol. The minimum Gasteiger partial charge on any atom is -0.323 e. The molecule has 68 valence electrons. The Morgan fingerprint density at radius 1 is 1.75 bits per heavy atom. The highest BCUT2D eigenvalue weighted by Crippen LogP contribution is 2.03. The molecule has 0 bridgehead atoms. The van der Waals surface area contributed by atoms with Crippen LogP contribution in [0.25, 0.3) is 0 Å². The fraction of sp³-hybridized carbons (Fsp3) is 0.714. The molecule has 1 atom stereocenters. The Hall–Kier alpha value is -0.550. The van der Waals surface area contributed by atoms with Gasteiger partial charge in [-0.05, 0) is 13.2 Å². The molecule has 1 heterocycles. The van der Waals surface area contributed by atoms with E-state index in [2.05, 4.69) is 16.6 Å². The van der Waals surface area contributed by atoms with Crippen LogP contribution in [0.15, 0.2) is 6.20 Å². The monoisotopic (exact) mass is 186 g/mol. The highest BCUT2D eigenvalue weighted by molar-refractivity contribution is 7.98. The normalized spacial score (nSPS) is 13.2.